The summed E-state index contributed by atoms with van der Waals surface area (Å²) in [5.74, 6) is 0. The molecular formula is C56H34N2O3. The van der Waals surface area contributed by atoms with E-state index in [1.54, 1.807) is 0 Å². The van der Waals surface area contributed by atoms with Crippen LogP contribution >= 0.6 is 0 Å². The van der Waals surface area contributed by atoms with E-state index in [4.69, 9.17) is 13.3 Å². The van der Waals surface area contributed by atoms with Crippen molar-refractivity contribution in [2.75, 3.05) is 9.80 Å². The average Bonchev–Trinajstić information content (AvgIpc) is 4.02. The number of para-hydroxylation sites is 6. The van der Waals surface area contributed by atoms with E-state index in [1.807, 2.05) is 24.3 Å². The van der Waals surface area contributed by atoms with Gasteiger partial charge in [0.15, 0.2) is 11.2 Å². The van der Waals surface area contributed by atoms with Gasteiger partial charge in [-0.3, -0.25) is 0 Å². The molecule has 10 aromatic carbocycles. The molecule has 286 valence electrons. The van der Waals surface area contributed by atoms with Gasteiger partial charge in [-0.1, -0.05) is 146 Å². The van der Waals surface area contributed by atoms with Gasteiger partial charge >= 0.3 is 0 Å². The van der Waals surface area contributed by atoms with Crippen molar-refractivity contribution in [3.63, 3.8) is 0 Å². The molecule has 0 bridgehead atoms. The largest absolute Gasteiger partial charge is 0.455 e. The first-order valence-corrected chi connectivity index (χ1v) is 20.6. The van der Waals surface area contributed by atoms with Crippen LogP contribution in [0.2, 0.25) is 0 Å². The van der Waals surface area contributed by atoms with E-state index in [-0.39, 0.29) is 0 Å². The zero-order valence-electron chi connectivity index (χ0n) is 32.7. The number of fused-ring (bicyclic) bond motifs is 13. The number of hydrogen-bond acceptors (Lipinski definition) is 5. The molecule has 13 aromatic rings. The number of furan rings is 3. The van der Waals surface area contributed by atoms with Crippen LogP contribution in [-0.4, -0.2) is 0 Å². The second kappa shape index (κ2) is 13.1. The highest BCUT2D eigenvalue weighted by molar-refractivity contribution is 6.28. The fraction of sp³-hybridized carbons (Fsp3) is 0. The quantitative estimate of drug-likeness (QED) is 0.168. The van der Waals surface area contributed by atoms with E-state index >= 15 is 0 Å². The number of rotatable bonds is 6. The molecule has 0 saturated heterocycles. The zero-order valence-corrected chi connectivity index (χ0v) is 32.7. The summed E-state index contributed by atoms with van der Waals surface area (Å²) in [5.41, 5.74) is 11.0. The Hall–Kier alpha value is -8.28. The van der Waals surface area contributed by atoms with Crippen molar-refractivity contribution < 1.29 is 13.3 Å². The molecule has 3 aromatic heterocycles. The van der Waals surface area contributed by atoms with Crippen LogP contribution in [0.5, 0.6) is 0 Å². The van der Waals surface area contributed by atoms with Crippen molar-refractivity contribution >= 4 is 121 Å². The molecule has 0 aliphatic rings. The maximum atomic E-state index is 7.14. The Morgan fingerprint density at radius 2 is 0.639 bits per heavy atom. The number of hydrogen-bond donors (Lipinski definition) is 0. The molecule has 13 rings (SSSR count). The minimum Gasteiger partial charge on any atom is -0.455 e. The van der Waals surface area contributed by atoms with Gasteiger partial charge in [0.05, 0.1) is 22.7 Å². The average molecular weight is 783 g/mol. The van der Waals surface area contributed by atoms with Gasteiger partial charge in [-0.2, -0.15) is 0 Å². The van der Waals surface area contributed by atoms with Crippen molar-refractivity contribution in [1.82, 2.24) is 0 Å². The Bertz CT molecular complexity index is 3840. The highest BCUT2D eigenvalue weighted by Gasteiger charge is 2.27. The third kappa shape index (κ3) is 5.01. The fourth-order valence-corrected chi connectivity index (χ4v) is 9.58. The first-order valence-electron chi connectivity index (χ1n) is 20.6. The van der Waals surface area contributed by atoms with Gasteiger partial charge in [-0.15, -0.1) is 0 Å². The first kappa shape index (κ1) is 33.7. The lowest BCUT2D eigenvalue weighted by atomic mass is 9.98. The lowest BCUT2D eigenvalue weighted by Crippen LogP contribution is -2.11. The second-order valence-electron chi connectivity index (χ2n) is 15.6. The summed E-state index contributed by atoms with van der Waals surface area (Å²) in [6.07, 6.45) is 0. The molecule has 0 aliphatic carbocycles. The maximum absolute atomic E-state index is 7.14. The van der Waals surface area contributed by atoms with E-state index in [1.165, 1.54) is 0 Å². The highest BCUT2D eigenvalue weighted by atomic mass is 16.3. The molecule has 0 atom stereocenters. The summed E-state index contributed by atoms with van der Waals surface area (Å²) >= 11 is 0. The van der Waals surface area contributed by atoms with Crippen LogP contribution in [0.1, 0.15) is 0 Å². The molecule has 0 saturated carbocycles. The van der Waals surface area contributed by atoms with Crippen LogP contribution in [0, 0.1) is 0 Å². The van der Waals surface area contributed by atoms with Gasteiger partial charge in [-0.05, 0) is 60.0 Å². The van der Waals surface area contributed by atoms with Crippen molar-refractivity contribution in [1.29, 1.82) is 0 Å². The Balaban J connectivity index is 1.11. The van der Waals surface area contributed by atoms with Crippen LogP contribution in [-0.2, 0) is 0 Å². The molecule has 5 nitrogen and oxygen atoms in total. The Kier molecular flexibility index (Phi) is 7.24. The number of anilines is 6. The van der Waals surface area contributed by atoms with Crippen LogP contribution in [0.25, 0.3) is 87.4 Å². The van der Waals surface area contributed by atoms with Gasteiger partial charge in [0.1, 0.15) is 22.3 Å². The SMILES string of the molecule is c1ccc(N(c2cc3c(oc4cc(N(c5ccccc5)c5cccc6c5oc5ccccc56)c5ccccc5c43)c3ccccc23)c2cccc3c2oc2ccccc23)cc1. The molecular weight excluding hydrogens is 749 g/mol. The summed E-state index contributed by atoms with van der Waals surface area (Å²) in [7, 11) is 0. The minimum absolute atomic E-state index is 0.800. The van der Waals surface area contributed by atoms with E-state index in [2.05, 4.69) is 192 Å². The molecule has 61 heavy (non-hydrogen) atoms. The van der Waals surface area contributed by atoms with Gasteiger partial charge in [0.2, 0.25) is 0 Å². The zero-order chi connectivity index (χ0) is 40.0. The van der Waals surface area contributed by atoms with Crippen molar-refractivity contribution in [3.8, 4) is 0 Å². The van der Waals surface area contributed by atoms with Crippen LogP contribution in [0.15, 0.2) is 220 Å². The minimum atomic E-state index is 0.800. The highest BCUT2D eigenvalue weighted by Crippen LogP contribution is 2.51. The third-order valence-corrected chi connectivity index (χ3v) is 12.2. The summed E-state index contributed by atoms with van der Waals surface area (Å²) in [6, 6.07) is 72.3. The summed E-state index contributed by atoms with van der Waals surface area (Å²) < 4.78 is 20.5. The summed E-state index contributed by atoms with van der Waals surface area (Å²) in [6.45, 7) is 0. The molecule has 0 radical (unpaired) electrons. The summed E-state index contributed by atoms with van der Waals surface area (Å²) in [4.78, 5) is 4.65. The van der Waals surface area contributed by atoms with Crippen LogP contribution < -0.4 is 9.80 Å². The number of nitrogens with zero attached hydrogens (tertiary/aromatic N) is 2. The smallest absolute Gasteiger partial charge is 0.159 e. The second-order valence-corrected chi connectivity index (χ2v) is 15.6. The monoisotopic (exact) mass is 782 g/mol. The molecule has 0 spiro atoms. The van der Waals surface area contributed by atoms with Gasteiger partial charge in [-0.25, -0.2) is 0 Å². The molecule has 0 unspecified atom stereocenters. The predicted octanol–water partition coefficient (Wildman–Crippen LogP) is 16.6. The lowest BCUT2D eigenvalue weighted by molar-refractivity contribution is 0.668. The first-order chi connectivity index (χ1) is 30.3. The van der Waals surface area contributed by atoms with Crippen LogP contribution in [0.4, 0.5) is 34.1 Å². The van der Waals surface area contributed by atoms with Crippen molar-refractivity contribution in [2.45, 2.75) is 0 Å². The topological polar surface area (TPSA) is 45.9 Å². The van der Waals surface area contributed by atoms with E-state index in [0.717, 1.165) is 121 Å². The van der Waals surface area contributed by atoms with E-state index in [0.29, 0.717) is 0 Å². The lowest BCUT2D eigenvalue weighted by Gasteiger charge is -2.27. The Morgan fingerprint density at radius 3 is 1.20 bits per heavy atom. The molecule has 0 N–H and O–H groups in total. The molecule has 0 amide bonds. The predicted molar refractivity (Wildman–Crippen MR) is 253 cm³/mol. The van der Waals surface area contributed by atoms with E-state index in [9.17, 15) is 0 Å². The number of benzene rings is 10. The standard InChI is InChI=1S/C56H34N2O3/c1-3-17-35(18-4-1)57(46-29-15-27-43-39-23-11-13-31-50(39)59-55(43)46)48-33-45-53-41-25-9-7-21-37(41)49(34-52(53)61-54(45)42-26-10-8-22-38(42)48)58(36-19-5-2-6-20-36)47-30-16-28-44-40-24-12-14-32-51(40)60-56(44)47/h1-34H. The molecule has 5 heteroatoms. The van der Waals surface area contributed by atoms with E-state index < -0.39 is 0 Å². The molecule has 3 heterocycles. The van der Waals surface area contributed by atoms with Gasteiger partial charge in [0.25, 0.3) is 0 Å². The Labute approximate surface area is 349 Å². The normalized spacial score (nSPS) is 11.9. The van der Waals surface area contributed by atoms with Gasteiger partial charge in [0, 0.05) is 65.9 Å². The molecule has 0 fully saturated rings. The summed E-state index contributed by atoms with van der Waals surface area (Å²) in [5, 5.41) is 10.7. The van der Waals surface area contributed by atoms with Crippen LogP contribution in [0.3, 0.4) is 0 Å². The maximum Gasteiger partial charge on any atom is 0.159 e. The molecule has 0 aliphatic heterocycles. The van der Waals surface area contributed by atoms with Crippen molar-refractivity contribution in [3.05, 3.63) is 206 Å². The Morgan fingerprint density at radius 1 is 0.246 bits per heavy atom. The third-order valence-electron chi connectivity index (χ3n) is 12.2. The van der Waals surface area contributed by atoms with Gasteiger partial charge < -0.3 is 23.1 Å². The van der Waals surface area contributed by atoms with Crippen molar-refractivity contribution in [2.24, 2.45) is 0 Å². The fourth-order valence-electron chi connectivity index (χ4n) is 9.58.